The van der Waals surface area contributed by atoms with Gasteiger partial charge < -0.3 is 45.1 Å². The molecule has 0 aromatic carbocycles. The van der Waals surface area contributed by atoms with E-state index >= 15 is 0 Å². The van der Waals surface area contributed by atoms with Crippen molar-refractivity contribution in [2.45, 2.75) is 400 Å². The Balaban J connectivity index is 6.08. The Hall–Kier alpha value is -6.49. The third-order valence-electron chi connectivity index (χ3n) is 19.3. The Kier molecular flexibility index (Phi) is 81.7. The molecule has 0 fully saturated rings. The minimum absolute atomic E-state index is 0.00409. The van der Waals surface area contributed by atoms with Gasteiger partial charge >= 0.3 is 33.6 Å². The van der Waals surface area contributed by atoms with Gasteiger partial charge in [-0.05, 0) is 134 Å². The molecule has 0 saturated heterocycles. The number of unbranched alkanes of at least 4 members (excludes halogenated alkanes) is 40. The summed E-state index contributed by atoms with van der Waals surface area (Å²) in [5.41, 5.74) is 0. The summed E-state index contributed by atoms with van der Waals surface area (Å²) in [7, 11) is -9.13. The van der Waals surface area contributed by atoms with Crippen LogP contribution in [0.4, 0.5) is 4.79 Å². The molecule has 672 valence electrons. The van der Waals surface area contributed by atoms with E-state index in [0.29, 0.717) is 32.1 Å². The quantitative estimate of drug-likeness (QED) is 0.0124. The van der Waals surface area contributed by atoms with E-state index in [4.69, 9.17) is 41.6 Å². The Labute approximate surface area is 722 Å². The number of hydrogen-bond donors (Lipinski definition) is 5. The van der Waals surface area contributed by atoms with Gasteiger partial charge in [0.05, 0.1) is 71.5 Å². The van der Waals surface area contributed by atoms with Crippen molar-refractivity contribution in [3.8, 4) is 94.7 Å². The first-order valence-electron chi connectivity index (χ1n) is 45.9. The van der Waals surface area contributed by atoms with Gasteiger partial charge in [0.15, 0.2) is 6.10 Å². The summed E-state index contributed by atoms with van der Waals surface area (Å²) in [5, 5.41) is 11.0. The normalized spacial score (nSPS) is 12.6. The van der Waals surface area contributed by atoms with Crippen molar-refractivity contribution in [1.82, 2.24) is 21.3 Å². The van der Waals surface area contributed by atoms with Gasteiger partial charge in [-0.25, -0.2) is 13.9 Å². The van der Waals surface area contributed by atoms with Gasteiger partial charge in [-0.3, -0.25) is 41.8 Å². The Morgan fingerprint density at radius 1 is 0.361 bits per heavy atom. The Bertz CT molecular complexity index is 3260. The second kappa shape index (κ2) is 86.4. The fourth-order valence-electron chi connectivity index (χ4n) is 12.6. The minimum atomic E-state index is -4.79. The van der Waals surface area contributed by atoms with Gasteiger partial charge in [-0.15, -0.1) is 6.58 Å². The molecule has 0 aromatic rings. The lowest BCUT2D eigenvalue weighted by atomic mass is 10.1. The Morgan fingerprint density at radius 2 is 0.697 bits per heavy atom. The van der Waals surface area contributed by atoms with Crippen LogP contribution in [0.3, 0.4) is 0 Å². The van der Waals surface area contributed by atoms with E-state index in [0.717, 1.165) is 122 Å². The number of rotatable bonds is 81. The first-order chi connectivity index (χ1) is 58.1. The van der Waals surface area contributed by atoms with Crippen molar-refractivity contribution in [3.63, 3.8) is 0 Å². The number of ether oxygens (including phenoxy) is 4. The lowest BCUT2D eigenvalue weighted by molar-refractivity contribution is -0.151. The lowest BCUT2D eigenvalue weighted by Gasteiger charge is -2.23. The van der Waals surface area contributed by atoms with Crippen molar-refractivity contribution >= 4 is 45.4 Å². The second-order valence-electron chi connectivity index (χ2n) is 30.4. The van der Waals surface area contributed by atoms with Gasteiger partial charge in [-0.1, -0.05) is 303 Å². The molecule has 4 amide bonds. The van der Waals surface area contributed by atoms with E-state index in [-0.39, 0.29) is 109 Å². The average molecular weight is 1700 g/mol. The molecule has 0 aromatic heterocycles. The standard InChI is InChI=1S/C96H156N4O17P2/c1-8-15-21-27-32-37-40-41-42-43-46-49-52-58-64-70-91(117-95(104)74-68-62-56-48-36-31-25-19-12-5)75-80-109-84-88(99-92(101)71-65-59-53-50-44-38-33-28-22-16-9-2)86-114-118(106,107)111-82-77-97-96(105)98-78-83-113-119(108,112-79-14-7)115-87-89(100-93(102)72-66-60-54-51-45-39-34-29-23-17-10-3)85-110-81-76-90(69-63-57-26-20-13-6)116-94(103)73-67-61-55-47-35-30-24-18-11-4/h14,88-91H,7,9-13,16-20,22-26,28-31,33-36,38-39,44-45,47-48,50-51,53-57,59-63,65-69,71-87H2,1-6H3,(H,99,101)(H,100,102)(H,106,107)(H2,97,98,105)/t88-,89-,90+,91-,119?/m0/s1. The monoisotopic (exact) mass is 1700 g/mol. The smallest absolute Gasteiger partial charge is 0.462 e. The zero-order valence-corrected chi connectivity index (χ0v) is 76.3. The predicted octanol–water partition coefficient (Wildman–Crippen LogP) is 21.0. The largest absolute Gasteiger partial charge is 0.475 e. The number of phosphoric acid groups is 2. The summed E-state index contributed by atoms with van der Waals surface area (Å²) in [6.45, 7) is 14.3. The molecular formula is C96H156N4O17P2. The second-order valence-corrected chi connectivity index (χ2v) is 33.5. The number of phosphoric ester groups is 2. The van der Waals surface area contributed by atoms with Crippen LogP contribution in [0.5, 0.6) is 0 Å². The van der Waals surface area contributed by atoms with Crippen molar-refractivity contribution in [2.24, 2.45) is 0 Å². The summed E-state index contributed by atoms with van der Waals surface area (Å²) >= 11 is 0. The lowest BCUT2D eigenvalue weighted by Crippen LogP contribution is -2.41. The van der Waals surface area contributed by atoms with Crippen LogP contribution >= 0.6 is 15.6 Å². The van der Waals surface area contributed by atoms with Gasteiger partial charge in [0, 0.05) is 51.6 Å². The topological polar surface area (TPSA) is 271 Å². The van der Waals surface area contributed by atoms with Crippen LogP contribution in [0.25, 0.3) is 0 Å². The van der Waals surface area contributed by atoms with E-state index in [2.05, 4.69) is 157 Å². The fourth-order valence-corrected chi connectivity index (χ4v) is 14.5. The number of amides is 4. The highest BCUT2D eigenvalue weighted by Gasteiger charge is 2.30. The van der Waals surface area contributed by atoms with Gasteiger partial charge in [0.25, 0.3) is 0 Å². The number of carbonyl (C=O) groups excluding carboxylic acids is 5. The molecule has 23 heteroatoms. The highest BCUT2D eigenvalue weighted by molar-refractivity contribution is 7.48. The maximum absolute atomic E-state index is 14.1. The molecule has 5 N–H and O–H groups in total. The van der Waals surface area contributed by atoms with Gasteiger partial charge in [-0.2, -0.15) is 0 Å². The van der Waals surface area contributed by atoms with Gasteiger partial charge in [0.1, 0.15) is 6.10 Å². The number of carbonyl (C=O) groups is 5. The Morgan fingerprint density at radius 3 is 1.09 bits per heavy atom. The van der Waals surface area contributed by atoms with Crippen molar-refractivity contribution < 1.29 is 79.6 Å². The molecule has 21 nitrogen and oxygen atoms in total. The molecule has 2 unspecified atom stereocenters. The molecule has 0 aliphatic carbocycles. The van der Waals surface area contributed by atoms with E-state index in [1.54, 1.807) is 6.92 Å². The van der Waals surface area contributed by atoms with Crippen LogP contribution in [0.1, 0.15) is 375 Å². The minimum Gasteiger partial charge on any atom is -0.462 e. The van der Waals surface area contributed by atoms with Crippen LogP contribution in [0.2, 0.25) is 0 Å². The van der Waals surface area contributed by atoms with Crippen LogP contribution in [0.15, 0.2) is 12.7 Å². The summed E-state index contributed by atoms with van der Waals surface area (Å²) in [6.07, 6.45) is 52.9. The molecule has 0 aliphatic rings. The molecule has 0 bridgehead atoms. The first kappa shape index (κ1) is 113. The fraction of sp³-hybridized carbons (Fsp3) is 0.760. The third kappa shape index (κ3) is 81.0. The van der Waals surface area contributed by atoms with Gasteiger partial charge in [0.2, 0.25) is 11.8 Å². The number of hydrogen-bond acceptors (Lipinski definition) is 16. The predicted molar refractivity (Wildman–Crippen MR) is 480 cm³/mol. The molecule has 0 saturated carbocycles. The number of nitrogens with one attached hydrogen (secondary N) is 4. The highest BCUT2D eigenvalue weighted by atomic mass is 31.2. The molecular weight excluding hydrogens is 1540 g/mol. The van der Waals surface area contributed by atoms with Crippen molar-refractivity contribution in [1.29, 1.82) is 0 Å². The molecule has 0 aliphatic heterocycles. The van der Waals surface area contributed by atoms with E-state index in [1.807, 2.05) is 0 Å². The van der Waals surface area contributed by atoms with Crippen molar-refractivity contribution in [2.75, 3.05) is 72.6 Å². The van der Waals surface area contributed by atoms with E-state index in [1.165, 1.54) is 160 Å². The average Bonchev–Trinajstić information content (AvgIpc) is 0.892. The zero-order chi connectivity index (χ0) is 87.0. The number of esters is 2. The maximum Gasteiger partial charge on any atom is 0.475 e. The molecule has 0 radical (unpaired) electrons. The summed E-state index contributed by atoms with van der Waals surface area (Å²) in [4.78, 5) is 76.9. The molecule has 0 spiro atoms. The SMILES string of the molecule is C=CCOP(=O)(OCCNC(=O)NCCOP(=O)(O)OC[C@H](COCC[C@H](C#CC#CC#CC#CC#CC#CC#CC#CC)OC(=O)CCCCCCCCCCC)NC(=O)CCCCCCCCCCCCC)OC[C@H](COCC[C@@H](CCCCCCC)OC(=O)CCCCCCCCCCC)NC(=O)CCCCCCCCCCCCC. The zero-order valence-electron chi connectivity index (χ0n) is 74.5. The van der Waals surface area contributed by atoms with Crippen LogP contribution < -0.4 is 21.3 Å². The summed E-state index contributed by atoms with van der Waals surface area (Å²) in [5.74, 6) is 40.5. The highest BCUT2D eigenvalue weighted by Crippen LogP contribution is 2.49. The molecule has 119 heavy (non-hydrogen) atoms. The van der Waals surface area contributed by atoms with Crippen molar-refractivity contribution in [3.05, 3.63) is 12.7 Å². The summed E-state index contributed by atoms with van der Waals surface area (Å²) in [6, 6.07) is -2.39. The van der Waals surface area contributed by atoms with E-state index in [9.17, 15) is 38.0 Å². The van der Waals surface area contributed by atoms with Crippen LogP contribution in [-0.2, 0) is 69.9 Å². The van der Waals surface area contributed by atoms with E-state index < -0.39 is 59.0 Å². The van der Waals surface area contributed by atoms with Crippen LogP contribution in [-0.4, -0.2) is 132 Å². The van der Waals surface area contributed by atoms with Crippen LogP contribution in [0, 0.1) is 94.7 Å². The molecule has 0 heterocycles. The maximum atomic E-state index is 14.1. The molecule has 6 atom stereocenters. The summed E-state index contributed by atoms with van der Waals surface area (Å²) < 4.78 is 79.2. The number of urea groups is 1. The first-order valence-corrected chi connectivity index (χ1v) is 48.9. The third-order valence-corrected chi connectivity index (χ3v) is 21.7. The molecule has 0 rings (SSSR count).